The van der Waals surface area contributed by atoms with Gasteiger partial charge in [0.1, 0.15) is 12.4 Å². The van der Waals surface area contributed by atoms with Crippen LogP contribution in [-0.4, -0.2) is 25.7 Å². The SMILES string of the molecule is COc1ccc(NC(=O)COC2CCC(C)CC2)c(N)c1. The summed E-state index contributed by atoms with van der Waals surface area (Å²) in [7, 11) is 1.58. The van der Waals surface area contributed by atoms with Gasteiger partial charge in [-0.3, -0.25) is 4.79 Å². The van der Waals surface area contributed by atoms with Gasteiger partial charge in [0.15, 0.2) is 0 Å². The molecule has 0 saturated heterocycles. The van der Waals surface area contributed by atoms with Crippen molar-refractivity contribution in [2.75, 3.05) is 24.8 Å². The highest BCUT2D eigenvalue weighted by Gasteiger charge is 2.19. The molecule has 1 saturated carbocycles. The predicted molar refractivity (Wildman–Crippen MR) is 83.4 cm³/mol. The van der Waals surface area contributed by atoms with Crippen LogP contribution in [0.5, 0.6) is 5.75 Å². The van der Waals surface area contributed by atoms with Gasteiger partial charge in [-0.2, -0.15) is 0 Å². The van der Waals surface area contributed by atoms with Crippen molar-refractivity contribution in [3.63, 3.8) is 0 Å². The van der Waals surface area contributed by atoms with Gasteiger partial charge in [-0.05, 0) is 43.7 Å². The maximum absolute atomic E-state index is 11.9. The van der Waals surface area contributed by atoms with E-state index in [-0.39, 0.29) is 18.6 Å². The molecule has 0 unspecified atom stereocenters. The van der Waals surface area contributed by atoms with Crippen molar-refractivity contribution in [3.05, 3.63) is 18.2 Å². The van der Waals surface area contributed by atoms with Crippen LogP contribution in [0.3, 0.4) is 0 Å². The number of nitrogen functional groups attached to an aromatic ring is 1. The fourth-order valence-corrected chi connectivity index (χ4v) is 2.56. The molecule has 1 aromatic carbocycles. The Balaban J connectivity index is 1.79. The van der Waals surface area contributed by atoms with Crippen molar-refractivity contribution in [1.29, 1.82) is 0 Å². The van der Waals surface area contributed by atoms with Crippen molar-refractivity contribution in [2.45, 2.75) is 38.7 Å². The minimum atomic E-state index is -0.175. The molecule has 21 heavy (non-hydrogen) atoms. The minimum absolute atomic E-state index is 0.0739. The minimum Gasteiger partial charge on any atom is -0.497 e. The lowest BCUT2D eigenvalue weighted by Gasteiger charge is -2.26. The zero-order valence-electron chi connectivity index (χ0n) is 12.7. The second kappa shape index (κ2) is 7.31. The lowest BCUT2D eigenvalue weighted by atomic mass is 9.89. The number of nitrogens with two attached hydrogens (primary N) is 1. The fourth-order valence-electron chi connectivity index (χ4n) is 2.56. The van der Waals surface area contributed by atoms with E-state index in [0.717, 1.165) is 18.8 Å². The zero-order chi connectivity index (χ0) is 15.2. The van der Waals surface area contributed by atoms with Crippen LogP contribution in [0.25, 0.3) is 0 Å². The molecule has 1 fully saturated rings. The third-order valence-electron chi connectivity index (χ3n) is 3.95. The number of nitrogens with one attached hydrogen (secondary N) is 1. The molecule has 5 nitrogen and oxygen atoms in total. The van der Waals surface area contributed by atoms with Crippen molar-refractivity contribution < 1.29 is 14.3 Å². The largest absolute Gasteiger partial charge is 0.497 e. The van der Waals surface area contributed by atoms with Gasteiger partial charge in [0.05, 0.1) is 24.6 Å². The monoisotopic (exact) mass is 292 g/mol. The van der Waals surface area contributed by atoms with Crippen LogP contribution >= 0.6 is 0 Å². The molecule has 0 aromatic heterocycles. The van der Waals surface area contributed by atoms with Gasteiger partial charge in [-0.25, -0.2) is 0 Å². The Labute approximate surface area is 125 Å². The first-order chi connectivity index (χ1) is 10.1. The highest BCUT2D eigenvalue weighted by Crippen LogP contribution is 2.26. The molecule has 1 aliphatic carbocycles. The van der Waals surface area contributed by atoms with Crippen LogP contribution < -0.4 is 15.8 Å². The number of ether oxygens (including phenoxy) is 2. The second-order valence-corrected chi connectivity index (χ2v) is 5.69. The summed E-state index contributed by atoms with van der Waals surface area (Å²) in [6, 6.07) is 5.17. The van der Waals surface area contributed by atoms with Crippen LogP contribution in [0.2, 0.25) is 0 Å². The van der Waals surface area contributed by atoms with Gasteiger partial charge in [0.25, 0.3) is 0 Å². The highest BCUT2D eigenvalue weighted by molar-refractivity contribution is 5.94. The summed E-state index contributed by atoms with van der Waals surface area (Å²) in [6.07, 6.45) is 4.65. The van der Waals surface area contributed by atoms with Gasteiger partial charge in [-0.1, -0.05) is 6.92 Å². The molecule has 1 aliphatic rings. The number of benzene rings is 1. The molecule has 0 heterocycles. The Hall–Kier alpha value is -1.75. The fraction of sp³-hybridized carbons (Fsp3) is 0.562. The predicted octanol–water partition coefficient (Wildman–Crippen LogP) is 2.81. The van der Waals surface area contributed by atoms with Gasteiger partial charge in [0.2, 0.25) is 5.91 Å². The number of carbonyl (C=O) groups is 1. The summed E-state index contributed by atoms with van der Waals surface area (Å²) >= 11 is 0. The molecule has 116 valence electrons. The molecule has 0 atom stereocenters. The molecule has 0 aliphatic heterocycles. The zero-order valence-corrected chi connectivity index (χ0v) is 12.7. The summed E-state index contributed by atoms with van der Waals surface area (Å²) in [5, 5.41) is 2.77. The van der Waals surface area contributed by atoms with E-state index in [9.17, 15) is 4.79 Å². The summed E-state index contributed by atoms with van der Waals surface area (Å²) in [5.74, 6) is 1.27. The number of hydrogen-bond donors (Lipinski definition) is 2. The van der Waals surface area contributed by atoms with Crippen LogP contribution in [-0.2, 0) is 9.53 Å². The van der Waals surface area contributed by atoms with Crippen molar-refractivity contribution in [1.82, 2.24) is 0 Å². The quantitative estimate of drug-likeness (QED) is 0.818. The van der Waals surface area contributed by atoms with Gasteiger partial charge in [0, 0.05) is 6.07 Å². The lowest BCUT2D eigenvalue weighted by Crippen LogP contribution is -2.26. The van der Waals surface area contributed by atoms with Crippen LogP contribution in [0, 0.1) is 5.92 Å². The molecule has 1 amide bonds. The first-order valence-electron chi connectivity index (χ1n) is 7.43. The van der Waals surface area contributed by atoms with E-state index in [2.05, 4.69) is 12.2 Å². The normalized spacial score (nSPS) is 21.8. The third-order valence-corrected chi connectivity index (χ3v) is 3.95. The number of anilines is 2. The molecule has 2 rings (SSSR count). The van der Waals surface area contributed by atoms with E-state index >= 15 is 0 Å². The molecule has 0 bridgehead atoms. The molecule has 0 radical (unpaired) electrons. The second-order valence-electron chi connectivity index (χ2n) is 5.69. The molecule has 3 N–H and O–H groups in total. The van der Waals surface area contributed by atoms with Crippen LogP contribution in [0.15, 0.2) is 18.2 Å². The first-order valence-corrected chi connectivity index (χ1v) is 7.43. The van der Waals surface area contributed by atoms with Crippen molar-refractivity contribution >= 4 is 17.3 Å². The van der Waals surface area contributed by atoms with E-state index in [0.29, 0.717) is 17.1 Å². The van der Waals surface area contributed by atoms with Crippen molar-refractivity contribution in [3.8, 4) is 5.75 Å². The Kier molecular flexibility index (Phi) is 5.44. The third kappa shape index (κ3) is 4.63. The number of hydrogen-bond acceptors (Lipinski definition) is 4. The van der Waals surface area contributed by atoms with Gasteiger partial charge < -0.3 is 20.5 Å². The van der Waals surface area contributed by atoms with Gasteiger partial charge >= 0.3 is 0 Å². The van der Waals surface area contributed by atoms with Crippen LogP contribution in [0.4, 0.5) is 11.4 Å². The smallest absolute Gasteiger partial charge is 0.250 e. The van der Waals surface area contributed by atoms with Gasteiger partial charge in [-0.15, -0.1) is 0 Å². The highest BCUT2D eigenvalue weighted by atomic mass is 16.5. The lowest BCUT2D eigenvalue weighted by molar-refractivity contribution is -0.123. The Morgan fingerprint density at radius 3 is 2.67 bits per heavy atom. The Bertz CT molecular complexity index is 482. The number of methoxy groups -OCH3 is 1. The van der Waals surface area contributed by atoms with E-state index in [1.807, 2.05) is 0 Å². The summed E-state index contributed by atoms with van der Waals surface area (Å²) < 4.78 is 10.7. The van der Waals surface area contributed by atoms with E-state index < -0.39 is 0 Å². The van der Waals surface area contributed by atoms with E-state index in [1.54, 1.807) is 25.3 Å². The van der Waals surface area contributed by atoms with E-state index in [1.165, 1.54) is 12.8 Å². The number of carbonyl (C=O) groups excluding carboxylic acids is 1. The molecule has 0 spiro atoms. The molecular weight excluding hydrogens is 268 g/mol. The topological polar surface area (TPSA) is 73.6 Å². The first kappa shape index (κ1) is 15.6. The molecular formula is C16H24N2O3. The average molecular weight is 292 g/mol. The molecule has 1 aromatic rings. The maximum atomic E-state index is 11.9. The average Bonchev–Trinajstić information content (AvgIpc) is 2.48. The Morgan fingerprint density at radius 1 is 1.33 bits per heavy atom. The number of amides is 1. The maximum Gasteiger partial charge on any atom is 0.250 e. The number of rotatable bonds is 5. The standard InChI is InChI=1S/C16H24N2O3/c1-11-3-5-12(6-4-11)21-10-16(19)18-15-8-7-13(20-2)9-14(15)17/h7-9,11-12H,3-6,10,17H2,1-2H3,(H,18,19). The van der Waals surface area contributed by atoms with E-state index in [4.69, 9.17) is 15.2 Å². The Morgan fingerprint density at radius 2 is 2.05 bits per heavy atom. The summed E-state index contributed by atoms with van der Waals surface area (Å²) in [6.45, 7) is 2.33. The van der Waals surface area contributed by atoms with Crippen molar-refractivity contribution in [2.24, 2.45) is 5.92 Å². The summed E-state index contributed by atoms with van der Waals surface area (Å²) in [5.41, 5.74) is 6.93. The summed E-state index contributed by atoms with van der Waals surface area (Å²) in [4.78, 5) is 11.9. The molecule has 5 heteroatoms. The van der Waals surface area contributed by atoms with Crippen LogP contribution in [0.1, 0.15) is 32.6 Å².